The number of hydrogen-bond acceptors (Lipinski definition) is 4. The molecule has 124 valence electrons. The van der Waals surface area contributed by atoms with Crippen molar-refractivity contribution in [3.63, 3.8) is 0 Å². The van der Waals surface area contributed by atoms with Gasteiger partial charge in [0.2, 0.25) is 0 Å². The summed E-state index contributed by atoms with van der Waals surface area (Å²) >= 11 is 0. The molecule has 22 heavy (non-hydrogen) atoms. The Hall–Kier alpha value is -2.05. The van der Waals surface area contributed by atoms with Crippen LogP contribution in [0.5, 0.6) is 0 Å². The van der Waals surface area contributed by atoms with E-state index in [4.69, 9.17) is 0 Å². The molecule has 1 rings (SSSR count). The average Bonchev–Trinajstić information content (AvgIpc) is 2.93. The molecule has 0 saturated heterocycles. The van der Waals surface area contributed by atoms with Crippen molar-refractivity contribution in [3.8, 4) is 0 Å². The molecule has 0 fully saturated rings. The summed E-state index contributed by atoms with van der Waals surface area (Å²) in [5.41, 5.74) is 1.07. The van der Waals surface area contributed by atoms with Crippen molar-refractivity contribution in [1.29, 1.82) is 0 Å². The molecule has 7 nitrogen and oxygen atoms in total. The van der Waals surface area contributed by atoms with Crippen molar-refractivity contribution in [2.24, 2.45) is 12.0 Å². The number of aryl methyl sites for hydroxylation is 1. The monoisotopic (exact) mass is 309 g/mol. The first-order valence-corrected chi connectivity index (χ1v) is 7.73. The molecule has 0 unspecified atom stereocenters. The van der Waals surface area contributed by atoms with Crippen LogP contribution in [-0.2, 0) is 23.1 Å². The third-order valence-electron chi connectivity index (χ3n) is 3.24. The van der Waals surface area contributed by atoms with Crippen molar-refractivity contribution in [2.75, 3.05) is 20.2 Å². The fourth-order valence-electron chi connectivity index (χ4n) is 1.94. The van der Waals surface area contributed by atoms with Gasteiger partial charge in [-0.25, -0.2) is 4.99 Å². The summed E-state index contributed by atoms with van der Waals surface area (Å²) in [6.07, 6.45) is 5.10. The number of hydrogen-bond donors (Lipinski definition) is 2. The first-order chi connectivity index (χ1) is 10.7. The van der Waals surface area contributed by atoms with Crippen LogP contribution in [0.4, 0.5) is 0 Å². The SMILES string of the molecule is CCNC(=NCc1ccnn1C)NCCCCCC(=O)OC. The number of esters is 1. The summed E-state index contributed by atoms with van der Waals surface area (Å²) in [5.74, 6) is 0.663. The van der Waals surface area contributed by atoms with Gasteiger partial charge in [0.15, 0.2) is 5.96 Å². The second-order valence-corrected chi connectivity index (χ2v) is 4.95. The highest BCUT2D eigenvalue weighted by Gasteiger charge is 2.01. The molecule has 0 aliphatic carbocycles. The number of unbranched alkanes of at least 4 members (excludes halogenated alkanes) is 2. The molecule has 0 atom stereocenters. The predicted octanol–water partition coefficient (Wildman–Crippen LogP) is 1.21. The summed E-state index contributed by atoms with van der Waals surface area (Å²) in [6, 6.07) is 1.96. The van der Waals surface area contributed by atoms with Crippen molar-refractivity contribution in [3.05, 3.63) is 18.0 Å². The number of carbonyl (C=O) groups excluding carboxylic acids is 1. The molecule has 0 saturated carbocycles. The molecule has 0 radical (unpaired) electrons. The molecule has 0 bridgehead atoms. The maximum absolute atomic E-state index is 11.0. The van der Waals surface area contributed by atoms with Gasteiger partial charge in [0.05, 0.1) is 19.3 Å². The van der Waals surface area contributed by atoms with Gasteiger partial charge in [-0.15, -0.1) is 0 Å². The minimum Gasteiger partial charge on any atom is -0.469 e. The van der Waals surface area contributed by atoms with Crippen LogP contribution in [-0.4, -0.2) is 41.9 Å². The van der Waals surface area contributed by atoms with E-state index in [1.807, 2.05) is 24.7 Å². The van der Waals surface area contributed by atoms with Crippen LogP contribution in [0.25, 0.3) is 0 Å². The molecule has 0 aromatic carbocycles. The quantitative estimate of drug-likeness (QED) is 0.310. The van der Waals surface area contributed by atoms with Crippen LogP contribution in [0.15, 0.2) is 17.3 Å². The number of guanidine groups is 1. The molecule has 1 aromatic heterocycles. The van der Waals surface area contributed by atoms with Crippen LogP contribution in [0.2, 0.25) is 0 Å². The lowest BCUT2D eigenvalue weighted by Gasteiger charge is -2.11. The fraction of sp³-hybridized carbons (Fsp3) is 0.667. The van der Waals surface area contributed by atoms with Crippen LogP contribution in [0, 0.1) is 0 Å². The van der Waals surface area contributed by atoms with Gasteiger partial charge < -0.3 is 15.4 Å². The summed E-state index contributed by atoms with van der Waals surface area (Å²) in [5, 5.41) is 10.6. The maximum Gasteiger partial charge on any atom is 0.305 e. The van der Waals surface area contributed by atoms with E-state index in [0.29, 0.717) is 13.0 Å². The molecule has 0 aliphatic rings. The van der Waals surface area contributed by atoms with E-state index in [-0.39, 0.29) is 5.97 Å². The fourth-order valence-corrected chi connectivity index (χ4v) is 1.94. The number of rotatable bonds is 9. The Kier molecular flexibility index (Phi) is 8.71. The predicted molar refractivity (Wildman–Crippen MR) is 86.5 cm³/mol. The molecule has 1 heterocycles. The Morgan fingerprint density at radius 1 is 1.36 bits per heavy atom. The van der Waals surface area contributed by atoms with Gasteiger partial charge in [0.1, 0.15) is 0 Å². The highest BCUT2D eigenvalue weighted by atomic mass is 16.5. The molecular weight excluding hydrogens is 282 g/mol. The maximum atomic E-state index is 11.0. The Morgan fingerprint density at radius 3 is 2.82 bits per heavy atom. The minimum absolute atomic E-state index is 0.140. The summed E-state index contributed by atoms with van der Waals surface area (Å²) < 4.78 is 6.43. The smallest absolute Gasteiger partial charge is 0.305 e. The first-order valence-electron chi connectivity index (χ1n) is 7.73. The average molecular weight is 309 g/mol. The van der Waals surface area contributed by atoms with E-state index in [2.05, 4.69) is 25.5 Å². The highest BCUT2D eigenvalue weighted by molar-refractivity contribution is 5.79. The molecule has 0 amide bonds. The van der Waals surface area contributed by atoms with Gasteiger partial charge in [0.25, 0.3) is 0 Å². The van der Waals surface area contributed by atoms with Crippen molar-refractivity contribution >= 4 is 11.9 Å². The van der Waals surface area contributed by atoms with Crippen LogP contribution in [0.1, 0.15) is 38.3 Å². The van der Waals surface area contributed by atoms with E-state index < -0.39 is 0 Å². The third kappa shape index (κ3) is 7.10. The Labute approximate surface area is 132 Å². The second kappa shape index (κ2) is 10.6. The topological polar surface area (TPSA) is 80.5 Å². The van der Waals surface area contributed by atoms with Gasteiger partial charge in [-0.05, 0) is 25.8 Å². The first kappa shape index (κ1) is 18.0. The minimum atomic E-state index is -0.140. The summed E-state index contributed by atoms with van der Waals surface area (Å²) in [4.78, 5) is 15.5. The van der Waals surface area contributed by atoms with Crippen LogP contribution in [0.3, 0.4) is 0 Å². The van der Waals surface area contributed by atoms with Crippen LogP contribution >= 0.6 is 0 Å². The number of ether oxygens (including phenoxy) is 1. The van der Waals surface area contributed by atoms with E-state index in [1.165, 1.54) is 7.11 Å². The van der Waals surface area contributed by atoms with Gasteiger partial charge in [-0.2, -0.15) is 5.10 Å². The van der Waals surface area contributed by atoms with Gasteiger partial charge in [0, 0.05) is 32.8 Å². The zero-order valence-electron chi connectivity index (χ0n) is 13.8. The van der Waals surface area contributed by atoms with E-state index >= 15 is 0 Å². The highest BCUT2D eigenvalue weighted by Crippen LogP contribution is 2.00. The van der Waals surface area contributed by atoms with Crippen molar-refractivity contribution in [1.82, 2.24) is 20.4 Å². The number of methoxy groups -OCH3 is 1. The standard InChI is InChI=1S/C15H27N5O2/c1-4-16-15(18-12-13-9-11-19-20(13)2)17-10-7-5-6-8-14(21)22-3/h9,11H,4-8,10,12H2,1-3H3,(H2,16,17,18). The number of nitrogens with one attached hydrogen (secondary N) is 2. The van der Waals surface area contributed by atoms with Crippen molar-refractivity contribution < 1.29 is 9.53 Å². The van der Waals surface area contributed by atoms with Gasteiger partial charge in [-0.3, -0.25) is 9.48 Å². The lowest BCUT2D eigenvalue weighted by molar-refractivity contribution is -0.140. The third-order valence-corrected chi connectivity index (χ3v) is 3.24. The lowest BCUT2D eigenvalue weighted by Crippen LogP contribution is -2.37. The summed E-state index contributed by atoms with van der Waals surface area (Å²) in [6.45, 7) is 4.28. The van der Waals surface area contributed by atoms with E-state index in [0.717, 1.165) is 44.0 Å². The van der Waals surface area contributed by atoms with Crippen LogP contribution < -0.4 is 10.6 Å². The molecule has 0 aliphatic heterocycles. The Bertz CT molecular complexity index is 470. The number of aromatic nitrogens is 2. The molecule has 7 heteroatoms. The Balaban J connectivity index is 2.26. The van der Waals surface area contributed by atoms with E-state index in [1.54, 1.807) is 6.20 Å². The largest absolute Gasteiger partial charge is 0.469 e. The molecular formula is C15H27N5O2. The zero-order chi connectivity index (χ0) is 16.2. The van der Waals surface area contributed by atoms with E-state index in [9.17, 15) is 4.79 Å². The van der Waals surface area contributed by atoms with Crippen molar-refractivity contribution in [2.45, 2.75) is 39.2 Å². The van der Waals surface area contributed by atoms with Gasteiger partial charge >= 0.3 is 5.97 Å². The number of nitrogens with zero attached hydrogens (tertiary/aromatic N) is 3. The normalized spacial score (nSPS) is 11.3. The number of aliphatic imine (C=N–C) groups is 1. The Morgan fingerprint density at radius 2 is 2.18 bits per heavy atom. The molecule has 2 N–H and O–H groups in total. The molecule has 1 aromatic rings. The lowest BCUT2D eigenvalue weighted by atomic mass is 10.2. The zero-order valence-corrected chi connectivity index (χ0v) is 13.8. The van der Waals surface area contributed by atoms with Gasteiger partial charge in [-0.1, -0.05) is 6.42 Å². The summed E-state index contributed by atoms with van der Waals surface area (Å²) in [7, 11) is 3.33. The molecule has 0 spiro atoms. The second-order valence-electron chi connectivity index (χ2n) is 4.95. The number of carbonyl (C=O) groups is 1.